The van der Waals surface area contributed by atoms with E-state index in [9.17, 15) is 14.4 Å². The van der Waals surface area contributed by atoms with Gasteiger partial charge in [-0.3, -0.25) is 9.59 Å². The maximum atomic E-state index is 11.6. The van der Waals surface area contributed by atoms with E-state index >= 15 is 0 Å². The largest absolute Gasteiger partial charge is 0.478 e. The second-order valence-electron chi connectivity index (χ2n) is 5.72. The number of benzene rings is 2. The number of aromatic nitrogens is 2. The number of carboxylic acid groups (broad SMARTS) is 1. The molecule has 32 heavy (non-hydrogen) atoms. The van der Waals surface area contributed by atoms with Crippen molar-refractivity contribution in [1.82, 2.24) is 9.97 Å². The van der Waals surface area contributed by atoms with Crippen molar-refractivity contribution in [2.24, 2.45) is 0 Å². The highest BCUT2D eigenvalue weighted by Gasteiger charge is 2.15. The first-order valence-corrected chi connectivity index (χ1v) is 10.4. The van der Waals surface area contributed by atoms with Crippen LogP contribution in [-0.2, 0) is 9.53 Å². The van der Waals surface area contributed by atoms with E-state index in [1.165, 1.54) is 30.3 Å². The van der Waals surface area contributed by atoms with E-state index in [2.05, 4.69) is 14.7 Å². The topological polar surface area (TPSA) is 109 Å². The molecule has 3 aromatic rings. The van der Waals surface area contributed by atoms with Gasteiger partial charge in [0, 0.05) is 28.0 Å². The van der Waals surface area contributed by atoms with Gasteiger partial charge in [0.15, 0.2) is 5.78 Å². The average molecular weight is 520 g/mol. The maximum Gasteiger partial charge on any atom is 0.337 e. The lowest BCUT2D eigenvalue weighted by atomic mass is 10.1. The number of imidazole rings is 1. The Kier molecular flexibility index (Phi) is 12.4. The molecule has 0 fully saturated rings. The van der Waals surface area contributed by atoms with Crippen molar-refractivity contribution in [3.63, 3.8) is 0 Å². The molecule has 11 heteroatoms. The number of rotatable bonds is 5. The van der Waals surface area contributed by atoms with Gasteiger partial charge in [0.05, 0.1) is 28.5 Å². The second kappa shape index (κ2) is 14.5. The van der Waals surface area contributed by atoms with Crippen LogP contribution in [0.2, 0.25) is 20.1 Å². The number of esters is 1. The minimum Gasteiger partial charge on any atom is -0.478 e. The zero-order valence-corrected chi connectivity index (χ0v) is 19.7. The number of nitrogens with zero attached hydrogens (tertiary/aromatic N) is 1. The van der Waals surface area contributed by atoms with Crippen molar-refractivity contribution in [1.29, 1.82) is 0 Å². The molecule has 0 bridgehead atoms. The number of hydrogen-bond donors (Lipinski definition) is 2. The third kappa shape index (κ3) is 10.2. The first-order valence-electron chi connectivity index (χ1n) is 8.90. The summed E-state index contributed by atoms with van der Waals surface area (Å²) in [4.78, 5) is 39.5. The molecule has 2 aromatic carbocycles. The van der Waals surface area contributed by atoms with Crippen LogP contribution in [0.15, 0.2) is 55.1 Å². The first-order chi connectivity index (χ1) is 15.1. The summed E-state index contributed by atoms with van der Waals surface area (Å²) in [6.45, 7) is 1.93. The number of ketones is 1. The molecule has 0 spiro atoms. The summed E-state index contributed by atoms with van der Waals surface area (Å²) >= 11 is 22.6. The lowest BCUT2D eigenvalue weighted by Crippen LogP contribution is -2.11. The van der Waals surface area contributed by atoms with Crippen LogP contribution in [0, 0.1) is 0 Å². The monoisotopic (exact) mass is 518 g/mol. The van der Waals surface area contributed by atoms with Crippen molar-refractivity contribution in [2.75, 3.05) is 6.61 Å². The highest BCUT2D eigenvalue weighted by atomic mass is 35.5. The molecular weight excluding hydrogens is 502 g/mol. The standard InChI is InChI=1S/C11H10Cl2O3.C7H4Cl2O2.C3H4N2/c1-2-16-11(15)6-10(14)8-4-3-7(12)5-9(8)13;8-4-1-2-5(7(10)11)6(9)3-4;1-2-5-3-4-1/h3-5H,2,6H2,1H3;1-3H,(H,10,11);1-3H,(H,4,5). The summed E-state index contributed by atoms with van der Waals surface area (Å²) in [7, 11) is 0. The van der Waals surface area contributed by atoms with Crippen LogP contribution in [-0.4, -0.2) is 39.4 Å². The van der Waals surface area contributed by atoms with Crippen LogP contribution in [0.4, 0.5) is 0 Å². The van der Waals surface area contributed by atoms with Crippen molar-refractivity contribution in [3.05, 3.63) is 86.3 Å². The zero-order valence-electron chi connectivity index (χ0n) is 16.6. The Morgan fingerprint density at radius 3 is 1.91 bits per heavy atom. The molecule has 1 heterocycles. The molecule has 0 saturated carbocycles. The molecule has 1 aromatic heterocycles. The summed E-state index contributed by atoms with van der Waals surface area (Å²) in [6, 6.07) is 8.75. The van der Waals surface area contributed by atoms with Gasteiger partial charge in [0.25, 0.3) is 0 Å². The van der Waals surface area contributed by atoms with Crippen LogP contribution in [0.25, 0.3) is 0 Å². The number of carbonyl (C=O) groups excluding carboxylic acids is 2. The summed E-state index contributed by atoms with van der Waals surface area (Å²) in [5.74, 6) is -1.98. The van der Waals surface area contributed by atoms with E-state index in [-0.39, 0.29) is 40.0 Å². The molecule has 0 amide bonds. The molecule has 170 valence electrons. The van der Waals surface area contributed by atoms with Crippen LogP contribution >= 0.6 is 46.4 Å². The van der Waals surface area contributed by atoms with Crippen LogP contribution < -0.4 is 0 Å². The van der Waals surface area contributed by atoms with Gasteiger partial charge in [0.2, 0.25) is 0 Å². The minimum absolute atomic E-state index is 0.0658. The number of carboxylic acids is 1. The predicted molar refractivity (Wildman–Crippen MR) is 124 cm³/mol. The van der Waals surface area contributed by atoms with Crippen molar-refractivity contribution in [3.8, 4) is 0 Å². The number of nitrogens with one attached hydrogen (secondary N) is 1. The molecule has 3 rings (SSSR count). The Bertz CT molecular complexity index is 1030. The SMILES string of the molecule is CCOC(=O)CC(=O)c1ccc(Cl)cc1Cl.O=C(O)c1ccc(Cl)cc1Cl.c1c[nH]cn1. The van der Waals surface area contributed by atoms with Gasteiger partial charge in [-0.2, -0.15) is 0 Å². The van der Waals surface area contributed by atoms with Crippen molar-refractivity contribution in [2.45, 2.75) is 13.3 Å². The molecule has 0 aliphatic carbocycles. The highest BCUT2D eigenvalue weighted by Crippen LogP contribution is 2.22. The summed E-state index contributed by atoms with van der Waals surface area (Å²) < 4.78 is 4.67. The van der Waals surface area contributed by atoms with Crippen LogP contribution in [0.3, 0.4) is 0 Å². The first kappa shape index (κ1) is 27.5. The molecular formula is C21H18Cl4N2O5. The Morgan fingerprint density at radius 1 is 0.969 bits per heavy atom. The average Bonchev–Trinajstić information content (AvgIpc) is 3.28. The number of Topliss-reactive ketones (excluding diaryl/α,β-unsaturated/α-hetero) is 1. The van der Waals surface area contributed by atoms with Crippen LogP contribution in [0.5, 0.6) is 0 Å². The Hall–Kier alpha value is -2.58. The number of halogens is 4. The van der Waals surface area contributed by atoms with E-state index in [4.69, 9.17) is 51.5 Å². The fourth-order valence-electron chi connectivity index (χ4n) is 2.03. The van der Waals surface area contributed by atoms with Crippen LogP contribution in [0.1, 0.15) is 34.1 Å². The van der Waals surface area contributed by atoms with E-state index in [0.29, 0.717) is 10.0 Å². The minimum atomic E-state index is -1.05. The Morgan fingerprint density at radius 2 is 1.53 bits per heavy atom. The second-order valence-corrected chi connectivity index (χ2v) is 7.41. The van der Waals surface area contributed by atoms with Crippen molar-refractivity contribution >= 4 is 64.1 Å². The molecule has 7 nitrogen and oxygen atoms in total. The summed E-state index contributed by atoms with van der Waals surface area (Å²) in [5.41, 5.74) is 0.343. The maximum absolute atomic E-state index is 11.6. The van der Waals surface area contributed by atoms with E-state index < -0.39 is 11.9 Å². The number of ether oxygens (including phenoxy) is 1. The third-order valence-corrected chi connectivity index (χ3v) is 4.50. The summed E-state index contributed by atoms with van der Waals surface area (Å²) in [6.07, 6.45) is 4.77. The van der Waals surface area contributed by atoms with Gasteiger partial charge in [0.1, 0.15) is 6.42 Å². The van der Waals surface area contributed by atoms with Gasteiger partial charge in [-0.05, 0) is 43.3 Å². The number of carbonyl (C=O) groups is 3. The van der Waals surface area contributed by atoms with Gasteiger partial charge in [-0.15, -0.1) is 0 Å². The number of H-pyrrole nitrogens is 1. The van der Waals surface area contributed by atoms with E-state index in [1.54, 1.807) is 31.7 Å². The normalized spacial score (nSPS) is 9.53. The molecule has 0 radical (unpaired) electrons. The number of hydrogen-bond acceptors (Lipinski definition) is 5. The lowest BCUT2D eigenvalue weighted by molar-refractivity contribution is -0.141. The summed E-state index contributed by atoms with van der Waals surface area (Å²) in [5, 5.41) is 9.80. The lowest BCUT2D eigenvalue weighted by Gasteiger charge is -2.03. The Balaban J connectivity index is 0.000000273. The van der Waals surface area contributed by atoms with Gasteiger partial charge < -0.3 is 14.8 Å². The van der Waals surface area contributed by atoms with Gasteiger partial charge in [-0.1, -0.05) is 46.4 Å². The quantitative estimate of drug-likeness (QED) is 0.235. The molecule has 0 atom stereocenters. The molecule has 0 aliphatic rings. The Labute approximate surface area is 204 Å². The van der Waals surface area contributed by atoms with Gasteiger partial charge in [-0.25, -0.2) is 9.78 Å². The van der Waals surface area contributed by atoms with Gasteiger partial charge >= 0.3 is 11.9 Å². The van der Waals surface area contributed by atoms with Crippen molar-refractivity contribution < 1.29 is 24.2 Å². The smallest absolute Gasteiger partial charge is 0.337 e. The third-order valence-electron chi connectivity index (χ3n) is 3.41. The number of aromatic amines is 1. The molecule has 0 saturated heterocycles. The van der Waals surface area contributed by atoms with E-state index in [1.807, 2.05) is 0 Å². The van der Waals surface area contributed by atoms with E-state index in [0.717, 1.165) is 0 Å². The zero-order chi connectivity index (χ0) is 24.1. The fraction of sp³-hybridized carbons (Fsp3) is 0.143. The number of aromatic carboxylic acids is 1. The molecule has 0 aliphatic heterocycles. The fourth-order valence-corrected chi connectivity index (χ4v) is 3.04. The highest BCUT2D eigenvalue weighted by molar-refractivity contribution is 6.37. The predicted octanol–water partition coefficient (Wildman–Crippen LogP) is 6.23. The molecule has 2 N–H and O–H groups in total. The molecule has 0 unspecified atom stereocenters.